The van der Waals surface area contributed by atoms with E-state index in [-0.39, 0.29) is 0 Å². The Morgan fingerprint density at radius 1 is 0.188 bits per heavy atom. The van der Waals surface area contributed by atoms with Crippen molar-refractivity contribution in [2.24, 2.45) is 130 Å². The Kier molecular flexibility index (Phi) is 2.51. The Morgan fingerprint density at radius 2 is 0.375 bits per heavy atom. The first-order chi connectivity index (χ1) is 15.9. The molecule has 12 aliphatic rings. The van der Waals surface area contributed by atoms with Crippen LogP contribution >= 0.6 is 0 Å². The quantitative estimate of drug-likeness (QED) is 0.409. The van der Waals surface area contributed by atoms with Gasteiger partial charge in [-0.2, -0.15) is 0 Å². The van der Waals surface area contributed by atoms with Crippen LogP contribution in [-0.4, -0.2) is 0 Å². The van der Waals surface area contributed by atoms with Crippen LogP contribution in [0.5, 0.6) is 0 Å². The van der Waals surface area contributed by atoms with Gasteiger partial charge in [0.2, 0.25) is 0 Å². The van der Waals surface area contributed by atoms with E-state index in [2.05, 4.69) is 0 Å². The van der Waals surface area contributed by atoms with E-state index in [0.717, 1.165) is 0 Å². The normalized spacial score (nSPS) is 81.8. The zero-order valence-corrected chi connectivity index (χ0v) is 19.8. The Hall–Kier alpha value is 0. The first-order valence-corrected chi connectivity index (χ1v) is 15.9. The van der Waals surface area contributed by atoms with Crippen molar-refractivity contribution in [1.82, 2.24) is 0 Å². The van der Waals surface area contributed by atoms with Crippen LogP contribution in [0.3, 0.4) is 0 Å². The molecule has 22 atom stereocenters. The van der Waals surface area contributed by atoms with E-state index in [0.29, 0.717) is 0 Å². The van der Waals surface area contributed by atoms with Crippen molar-refractivity contribution in [1.29, 1.82) is 0 Å². The van der Waals surface area contributed by atoms with Gasteiger partial charge in [0.05, 0.1) is 0 Å². The highest BCUT2D eigenvalue weighted by Crippen LogP contribution is 2.87. The molecule has 0 heteroatoms. The molecule has 12 saturated carbocycles. The predicted octanol–water partition coefficient (Wildman–Crippen LogP) is 6.61. The highest BCUT2D eigenvalue weighted by molar-refractivity contribution is 5.29. The molecular weight excluding hydrogens is 384 g/mol. The average Bonchev–Trinajstić information content (AvgIpc) is 3.53. The van der Waals surface area contributed by atoms with Gasteiger partial charge in [-0.1, -0.05) is 0 Å². The van der Waals surface area contributed by atoms with Crippen LogP contribution in [0.15, 0.2) is 0 Å². The molecule has 0 aliphatic heterocycles. The molecule has 0 aromatic carbocycles. The van der Waals surface area contributed by atoms with Gasteiger partial charge in [0.1, 0.15) is 0 Å². The van der Waals surface area contributed by atoms with Crippen LogP contribution in [0.2, 0.25) is 0 Å². The summed E-state index contributed by atoms with van der Waals surface area (Å²) in [7, 11) is 0. The second kappa shape index (κ2) is 4.83. The second-order valence-corrected chi connectivity index (χ2v) is 16.7. The molecule has 0 aromatic rings. The summed E-state index contributed by atoms with van der Waals surface area (Å²) in [6.07, 6.45) is 17.1. The first-order valence-electron chi connectivity index (χ1n) is 15.9. The fourth-order valence-electron chi connectivity index (χ4n) is 18.4. The Morgan fingerprint density at radius 3 is 0.656 bits per heavy atom. The van der Waals surface area contributed by atoms with Gasteiger partial charge >= 0.3 is 0 Å². The van der Waals surface area contributed by atoms with E-state index in [1.807, 2.05) is 0 Å². The standard InChI is InChI=1S/C32H42/c1-2-12-6-16-10-18-8-14-4-3-13-7-17-9-15-5-11(1)19-20(12)28-24(16)26(18)30-22(14)21(13)29-25(17)23(15)27(19)31(28)32(29)30/h11-32H,1-10H2/t11-,12+,13+,14?,15-,16?,17?,18-,19?,20-,21?,22+,23-,24+,25?,26?,27?,28+,29+,30?,31?,32?/m1/s1. The summed E-state index contributed by atoms with van der Waals surface area (Å²) in [5.41, 5.74) is 0. The number of hydrogen-bond donors (Lipinski definition) is 0. The molecule has 11 unspecified atom stereocenters. The van der Waals surface area contributed by atoms with E-state index in [1.54, 1.807) is 64.2 Å². The fourth-order valence-corrected chi connectivity index (χ4v) is 18.4. The molecule has 12 rings (SSSR count). The zero-order chi connectivity index (χ0) is 19.8. The maximum atomic E-state index is 1.73. The molecule has 12 aliphatic carbocycles. The Bertz CT molecular complexity index is 802. The van der Waals surface area contributed by atoms with E-state index >= 15 is 0 Å². The fraction of sp³-hybridized carbons (Fsp3) is 1.00. The smallest absolute Gasteiger partial charge is 0.0312 e. The average molecular weight is 427 g/mol. The molecule has 0 amide bonds. The van der Waals surface area contributed by atoms with Gasteiger partial charge < -0.3 is 0 Å². The lowest BCUT2D eigenvalue weighted by Crippen LogP contribution is -2.57. The molecule has 32 heavy (non-hydrogen) atoms. The molecule has 0 radical (unpaired) electrons. The van der Waals surface area contributed by atoms with Gasteiger partial charge in [-0.25, -0.2) is 0 Å². The summed E-state index contributed by atoms with van der Waals surface area (Å²) in [5.74, 6) is 27.3. The maximum absolute atomic E-state index is 1.73. The molecular formula is C32H42. The molecule has 0 heterocycles. The topological polar surface area (TPSA) is 0 Å². The van der Waals surface area contributed by atoms with E-state index in [4.69, 9.17) is 0 Å². The summed E-state index contributed by atoms with van der Waals surface area (Å²) in [6, 6.07) is 0. The monoisotopic (exact) mass is 426 g/mol. The minimum atomic E-state index is 1.20. The predicted molar refractivity (Wildman–Crippen MR) is 123 cm³/mol. The molecule has 12 fully saturated rings. The zero-order valence-electron chi connectivity index (χ0n) is 19.8. The van der Waals surface area contributed by atoms with E-state index in [1.165, 1.54) is 130 Å². The van der Waals surface area contributed by atoms with Gasteiger partial charge in [-0.3, -0.25) is 0 Å². The van der Waals surface area contributed by atoms with Gasteiger partial charge in [0.25, 0.3) is 0 Å². The van der Waals surface area contributed by atoms with Crippen LogP contribution in [0.25, 0.3) is 0 Å². The molecule has 0 bridgehead atoms. The first kappa shape index (κ1) is 16.6. The summed E-state index contributed by atoms with van der Waals surface area (Å²) < 4.78 is 0. The molecule has 0 nitrogen and oxygen atoms in total. The van der Waals surface area contributed by atoms with Crippen molar-refractivity contribution in [3.8, 4) is 0 Å². The third-order valence-corrected chi connectivity index (χ3v) is 17.4. The van der Waals surface area contributed by atoms with Crippen molar-refractivity contribution in [3.63, 3.8) is 0 Å². The lowest BCUT2D eigenvalue weighted by Gasteiger charge is -2.60. The van der Waals surface area contributed by atoms with Crippen molar-refractivity contribution < 1.29 is 0 Å². The SMILES string of the molecule is C1C[C@H]2CC3C[C@H]4C[C@H]5CC[C@H]6CC7C[C@H]8CC1[C@@H]1C9C%10C%11C(C5[C@@H]6[C@H]%11[C@@H]7C98)[C@H]4C3[C@@H]%10C21. The van der Waals surface area contributed by atoms with E-state index < -0.39 is 0 Å². The molecule has 170 valence electrons. The summed E-state index contributed by atoms with van der Waals surface area (Å²) in [5, 5.41) is 0. The second-order valence-electron chi connectivity index (χ2n) is 16.7. The number of hydrogen-bond acceptors (Lipinski definition) is 0. The Labute approximate surface area is 194 Å². The highest BCUT2D eigenvalue weighted by Gasteiger charge is 2.82. The van der Waals surface area contributed by atoms with Crippen LogP contribution in [-0.2, 0) is 0 Å². The van der Waals surface area contributed by atoms with Gasteiger partial charge in [0.15, 0.2) is 0 Å². The van der Waals surface area contributed by atoms with Crippen LogP contribution < -0.4 is 0 Å². The number of rotatable bonds is 0. The molecule has 0 N–H and O–H groups in total. The van der Waals surface area contributed by atoms with Crippen molar-refractivity contribution >= 4 is 0 Å². The molecule has 0 saturated heterocycles. The minimum absolute atomic E-state index is 1.20. The summed E-state index contributed by atoms with van der Waals surface area (Å²) in [6.45, 7) is 0. The van der Waals surface area contributed by atoms with Crippen LogP contribution in [0, 0.1) is 130 Å². The van der Waals surface area contributed by atoms with Gasteiger partial charge in [-0.05, 0) is 194 Å². The van der Waals surface area contributed by atoms with Crippen molar-refractivity contribution in [3.05, 3.63) is 0 Å². The molecule has 0 aromatic heterocycles. The Balaban J connectivity index is 1.19. The highest BCUT2D eigenvalue weighted by atomic mass is 14.9. The maximum Gasteiger partial charge on any atom is -0.0312 e. The summed E-state index contributed by atoms with van der Waals surface area (Å²) >= 11 is 0. The van der Waals surface area contributed by atoms with Gasteiger partial charge in [-0.15, -0.1) is 0 Å². The molecule has 0 spiro atoms. The lowest BCUT2D eigenvalue weighted by molar-refractivity contribution is -0.137. The third kappa shape index (κ3) is 1.41. The lowest BCUT2D eigenvalue weighted by atomic mass is 9.44. The van der Waals surface area contributed by atoms with Crippen molar-refractivity contribution in [2.45, 2.75) is 64.2 Å². The van der Waals surface area contributed by atoms with Gasteiger partial charge in [0, 0.05) is 0 Å². The van der Waals surface area contributed by atoms with E-state index in [9.17, 15) is 0 Å². The van der Waals surface area contributed by atoms with Crippen LogP contribution in [0.4, 0.5) is 0 Å². The van der Waals surface area contributed by atoms with Crippen molar-refractivity contribution in [2.75, 3.05) is 0 Å². The largest absolute Gasteiger partial charge is 0.0499 e. The third-order valence-electron chi connectivity index (χ3n) is 17.4. The van der Waals surface area contributed by atoms with Crippen LogP contribution in [0.1, 0.15) is 64.2 Å². The minimum Gasteiger partial charge on any atom is -0.0499 e. The summed E-state index contributed by atoms with van der Waals surface area (Å²) in [4.78, 5) is 0.